The summed E-state index contributed by atoms with van der Waals surface area (Å²) in [4.78, 5) is 25.3. The van der Waals surface area contributed by atoms with E-state index in [1.807, 2.05) is 18.2 Å². The lowest BCUT2D eigenvalue weighted by molar-refractivity contribution is -0.141. The van der Waals surface area contributed by atoms with Crippen LogP contribution in [0.1, 0.15) is 30.9 Å². The number of aromatic nitrogens is 1. The maximum Gasteiger partial charge on any atom is 0.313 e. The molecular formula is C23H20N2O6. The second-order valence-electron chi connectivity index (χ2n) is 8.17. The highest BCUT2D eigenvalue weighted by Gasteiger charge is 2.36. The first-order chi connectivity index (χ1) is 15.0. The normalized spacial score (nSPS) is 22.6. The van der Waals surface area contributed by atoms with E-state index in [2.05, 4.69) is 5.32 Å². The molecule has 0 radical (unpaired) electrons. The number of pyridine rings is 1. The van der Waals surface area contributed by atoms with E-state index in [0.29, 0.717) is 42.2 Å². The zero-order valence-electron chi connectivity index (χ0n) is 16.9. The topological polar surface area (TPSA) is 99.0 Å². The van der Waals surface area contributed by atoms with E-state index in [4.69, 9.17) is 14.2 Å². The highest BCUT2D eigenvalue weighted by atomic mass is 16.6. The van der Waals surface area contributed by atoms with Crippen LogP contribution in [0.15, 0.2) is 28.6 Å². The second-order valence-corrected chi connectivity index (χ2v) is 8.17. The SMILES string of the molecule is CCC1(O)CC(=O)OC=c2c1cc1n(c2=O)CC2=Cc3cc4c(cc3NC=12)OCCO4. The number of hydrogen-bond acceptors (Lipinski definition) is 7. The van der Waals surface area contributed by atoms with E-state index in [9.17, 15) is 14.7 Å². The van der Waals surface area contributed by atoms with Crippen molar-refractivity contribution < 1.29 is 24.1 Å². The molecule has 31 heavy (non-hydrogen) atoms. The van der Waals surface area contributed by atoms with Gasteiger partial charge >= 0.3 is 5.97 Å². The predicted octanol–water partition coefficient (Wildman–Crippen LogP) is 0.533. The van der Waals surface area contributed by atoms with E-state index >= 15 is 0 Å². The number of rotatable bonds is 1. The van der Waals surface area contributed by atoms with Crippen LogP contribution in [-0.2, 0) is 21.7 Å². The number of hydrogen-bond donors (Lipinski definition) is 2. The summed E-state index contributed by atoms with van der Waals surface area (Å²) in [6.45, 7) is 3.18. The zero-order valence-corrected chi connectivity index (χ0v) is 16.9. The summed E-state index contributed by atoms with van der Waals surface area (Å²) < 4.78 is 18.1. The van der Waals surface area contributed by atoms with E-state index < -0.39 is 11.6 Å². The van der Waals surface area contributed by atoms with Crippen molar-refractivity contribution >= 4 is 29.7 Å². The molecule has 5 heterocycles. The van der Waals surface area contributed by atoms with E-state index in [1.165, 1.54) is 6.26 Å². The highest BCUT2D eigenvalue weighted by Crippen LogP contribution is 2.40. The van der Waals surface area contributed by atoms with Gasteiger partial charge in [0.1, 0.15) is 25.1 Å². The van der Waals surface area contributed by atoms with Crippen molar-refractivity contribution in [3.05, 3.63) is 55.8 Å². The van der Waals surface area contributed by atoms with Crippen LogP contribution in [0.25, 0.3) is 18.0 Å². The smallest absolute Gasteiger partial charge is 0.313 e. The van der Waals surface area contributed by atoms with E-state index in [-0.39, 0.29) is 23.6 Å². The number of esters is 1. The van der Waals surface area contributed by atoms with Crippen molar-refractivity contribution in [2.75, 3.05) is 18.5 Å². The van der Waals surface area contributed by atoms with Gasteiger partial charge in [-0.15, -0.1) is 0 Å². The average molecular weight is 420 g/mol. The summed E-state index contributed by atoms with van der Waals surface area (Å²) >= 11 is 0. The molecule has 2 N–H and O–H groups in total. The van der Waals surface area contributed by atoms with Crippen LogP contribution in [0, 0.1) is 0 Å². The summed E-state index contributed by atoms with van der Waals surface area (Å²) in [7, 11) is 0. The molecule has 0 saturated carbocycles. The third kappa shape index (κ3) is 2.58. The molecule has 0 spiro atoms. The van der Waals surface area contributed by atoms with Crippen molar-refractivity contribution in [1.29, 1.82) is 0 Å². The Labute approximate surface area is 176 Å². The van der Waals surface area contributed by atoms with E-state index in [1.54, 1.807) is 17.6 Å². The molecular weight excluding hydrogens is 400 g/mol. The fraction of sp³-hybridized carbons (Fsp3) is 0.304. The van der Waals surface area contributed by atoms with Crippen LogP contribution < -0.4 is 30.9 Å². The number of ether oxygens (including phenoxy) is 3. The van der Waals surface area contributed by atoms with Gasteiger partial charge < -0.3 is 29.2 Å². The molecule has 0 fully saturated rings. The Morgan fingerprint density at radius 3 is 2.71 bits per heavy atom. The second kappa shape index (κ2) is 6.24. The number of nitrogens with one attached hydrogen (secondary N) is 1. The van der Waals surface area contributed by atoms with Gasteiger partial charge in [0, 0.05) is 22.9 Å². The summed E-state index contributed by atoms with van der Waals surface area (Å²) in [6, 6.07) is 5.63. The van der Waals surface area contributed by atoms with Crippen LogP contribution in [0.4, 0.5) is 5.69 Å². The number of aliphatic hydroxyl groups is 1. The van der Waals surface area contributed by atoms with Crippen LogP contribution in [-0.4, -0.2) is 28.9 Å². The van der Waals surface area contributed by atoms with E-state index in [0.717, 1.165) is 22.5 Å². The van der Waals surface area contributed by atoms with Crippen molar-refractivity contribution in [1.82, 2.24) is 4.57 Å². The van der Waals surface area contributed by atoms with Gasteiger partial charge in [-0.3, -0.25) is 9.59 Å². The van der Waals surface area contributed by atoms with Gasteiger partial charge in [-0.1, -0.05) is 6.92 Å². The Hall–Kier alpha value is -3.52. The molecule has 1 unspecified atom stereocenters. The Morgan fingerprint density at radius 2 is 1.94 bits per heavy atom. The Morgan fingerprint density at radius 1 is 1.16 bits per heavy atom. The third-order valence-electron chi connectivity index (χ3n) is 6.38. The summed E-state index contributed by atoms with van der Waals surface area (Å²) in [6.07, 6.45) is 3.29. The molecule has 0 bridgehead atoms. The maximum absolute atomic E-state index is 13.3. The molecule has 1 atom stereocenters. The molecule has 8 nitrogen and oxygen atoms in total. The van der Waals surface area contributed by atoms with Gasteiger partial charge in [-0.05, 0) is 30.2 Å². The first-order valence-corrected chi connectivity index (χ1v) is 10.3. The van der Waals surface area contributed by atoms with Crippen LogP contribution in [0.3, 0.4) is 0 Å². The van der Waals surface area contributed by atoms with Gasteiger partial charge in [-0.2, -0.15) is 0 Å². The quantitative estimate of drug-likeness (QED) is 0.650. The van der Waals surface area contributed by atoms with Crippen LogP contribution >= 0.6 is 0 Å². The third-order valence-corrected chi connectivity index (χ3v) is 6.38. The van der Waals surface area contributed by atoms with Gasteiger partial charge in [0.05, 0.1) is 29.2 Å². The van der Waals surface area contributed by atoms with Crippen molar-refractivity contribution in [3.63, 3.8) is 0 Å². The lowest BCUT2D eigenvalue weighted by atomic mass is 9.87. The minimum absolute atomic E-state index is 0.201. The molecule has 2 aromatic rings. The number of nitrogens with zero attached hydrogens (tertiary/aromatic N) is 1. The Kier molecular flexibility index (Phi) is 3.68. The van der Waals surface area contributed by atoms with Crippen LogP contribution in [0.5, 0.6) is 11.5 Å². The molecule has 0 aliphatic carbocycles. The van der Waals surface area contributed by atoms with Crippen LogP contribution in [0.2, 0.25) is 0 Å². The van der Waals surface area contributed by atoms with Gasteiger partial charge in [0.2, 0.25) is 0 Å². The highest BCUT2D eigenvalue weighted by molar-refractivity contribution is 5.92. The number of fused-ring (bicyclic) bond motifs is 5. The fourth-order valence-electron chi connectivity index (χ4n) is 4.67. The summed E-state index contributed by atoms with van der Waals surface area (Å²) in [5, 5.41) is 15.5. The Bertz CT molecular complexity index is 1390. The lowest BCUT2D eigenvalue weighted by Gasteiger charge is -2.25. The van der Waals surface area contributed by atoms with Crippen molar-refractivity contribution in [3.8, 4) is 11.5 Å². The molecule has 1 aromatic heterocycles. The minimum atomic E-state index is -1.46. The average Bonchev–Trinajstić information content (AvgIpc) is 3.06. The minimum Gasteiger partial charge on any atom is -0.486 e. The molecule has 0 saturated heterocycles. The van der Waals surface area contributed by atoms with Gasteiger partial charge in [-0.25, -0.2) is 0 Å². The molecule has 6 rings (SSSR count). The zero-order chi connectivity index (χ0) is 21.3. The predicted molar refractivity (Wildman–Crippen MR) is 112 cm³/mol. The number of carbonyl (C=O) groups is 1. The first-order valence-electron chi connectivity index (χ1n) is 10.3. The number of cyclic esters (lactones) is 1. The lowest BCUT2D eigenvalue weighted by Crippen LogP contribution is -2.47. The summed E-state index contributed by atoms with van der Waals surface area (Å²) in [5.74, 6) is 0.823. The molecule has 8 heteroatoms. The van der Waals surface area contributed by atoms with Crippen molar-refractivity contribution in [2.45, 2.75) is 31.9 Å². The maximum atomic E-state index is 13.3. The first kappa shape index (κ1) is 18.3. The molecule has 1 aromatic carbocycles. The van der Waals surface area contributed by atoms with Crippen molar-refractivity contribution in [2.24, 2.45) is 0 Å². The standard InChI is InChI=1S/C23H20N2O6/c1-2-23(28)9-20(26)31-11-14-15(23)7-17-21-13(10-25(17)22(14)27)5-12-6-18-19(8-16(12)24-21)30-4-3-29-18/h5-8,11,24,28H,2-4,9-10H2,1H3. The fourth-order valence-corrected chi connectivity index (χ4v) is 4.67. The monoisotopic (exact) mass is 420 g/mol. The van der Waals surface area contributed by atoms with Gasteiger partial charge in [0.15, 0.2) is 11.5 Å². The number of benzene rings is 1. The number of carbonyl (C=O) groups excluding carboxylic acids is 1. The summed E-state index contributed by atoms with van der Waals surface area (Å²) in [5.41, 5.74) is 2.23. The molecule has 158 valence electrons. The Balaban J connectivity index is 1.58. The number of anilines is 1. The molecule has 0 amide bonds. The molecule has 4 aliphatic heterocycles. The molecule has 4 aliphatic rings. The van der Waals surface area contributed by atoms with Gasteiger partial charge in [0.25, 0.3) is 5.56 Å². The largest absolute Gasteiger partial charge is 0.486 e.